The largest absolute Gasteiger partial charge is 0.481 e. The van der Waals surface area contributed by atoms with Crippen molar-refractivity contribution in [3.8, 4) is 5.75 Å². The SMILES string of the molecule is CCCC(CNC(=O)CCN1C(=O)C(C)Oc2ccccc21)C(=O)O. The third-order valence-corrected chi connectivity index (χ3v) is 4.17. The number of para-hydroxylation sites is 2. The molecule has 1 aliphatic rings. The lowest BCUT2D eigenvalue weighted by molar-refractivity contribution is -0.142. The van der Waals surface area contributed by atoms with E-state index in [2.05, 4.69) is 5.32 Å². The van der Waals surface area contributed by atoms with Crippen molar-refractivity contribution < 1.29 is 24.2 Å². The lowest BCUT2D eigenvalue weighted by Crippen LogP contribution is -2.46. The Balaban J connectivity index is 1.93. The zero-order valence-electron chi connectivity index (χ0n) is 14.5. The fourth-order valence-electron chi connectivity index (χ4n) is 2.79. The molecule has 1 aromatic carbocycles. The molecule has 2 amide bonds. The Morgan fingerprint density at radius 2 is 2.08 bits per heavy atom. The molecule has 0 radical (unpaired) electrons. The molecule has 0 aromatic heterocycles. The number of rotatable bonds is 8. The van der Waals surface area contributed by atoms with Gasteiger partial charge in [0.05, 0.1) is 11.6 Å². The van der Waals surface area contributed by atoms with E-state index in [-0.39, 0.29) is 31.3 Å². The minimum Gasteiger partial charge on any atom is -0.481 e. The summed E-state index contributed by atoms with van der Waals surface area (Å²) in [6, 6.07) is 7.19. The number of anilines is 1. The molecule has 2 atom stereocenters. The molecule has 0 bridgehead atoms. The molecule has 0 aliphatic carbocycles. The van der Waals surface area contributed by atoms with E-state index >= 15 is 0 Å². The molecule has 1 heterocycles. The molecule has 2 unspecified atom stereocenters. The van der Waals surface area contributed by atoms with E-state index in [9.17, 15) is 14.4 Å². The highest BCUT2D eigenvalue weighted by molar-refractivity contribution is 6.00. The lowest BCUT2D eigenvalue weighted by atomic mass is 10.0. The Kier molecular flexibility index (Phi) is 6.38. The van der Waals surface area contributed by atoms with Crippen molar-refractivity contribution in [1.29, 1.82) is 0 Å². The van der Waals surface area contributed by atoms with Gasteiger partial charge in [0, 0.05) is 19.5 Å². The van der Waals surface area contributed by atoms with Gasteiger partial charge in [-0.1, -0.05) is 25.5 Å². The van der Waals surface area contributed by atoms with Crippen LogP contribution >= 0.6 is 0 Å². The second kappa shape index (κ2) is 8.50. The molecule has 7 heteroatoms. The Morgan fingerprint density at radius 3 is 2.76 bits per heavy atom. The average molecular weight is 348 g/mol. The van der Waals surface area contributed by atoms with Crippen LogP contribution in [-0.2, 0) is 14.4 Å². The van der Waals surface area contributed by atoms with E-state index in [0.29, 0.717) is 17.9 Å². The first-order chi connectivity index (χ1) is 11.9. The van der Waals surface area contributed by atoms with Crippen LogP contribution in [0.15, 0.2) is 24.3 Å². The number of hydrogen-bond donors (Lipinski definition) is 2. The highest BCUT2D eigenvalue weighted by Crippen LogP contribution is 2.33. The van der Waals surface area contributed by atoms with Gasteiger partial charge in [-0.3, -0.25) is 14.4 Å². The summed E-state index contributed by atoms with van der Waals surface area (Å²) in [5.41, 5.74) is 0.646. The van der Waals surface area contributed by atoms with E-state index in [1.807, 2.05) is 13.0 Å². The third kappa shape index (κ3) is 4.71. The molecule has 7 nitrogen and oxygen atoms in total. The zero-order chi connectivity index (χ0) is 18.4. The molecule has 0 spiro atoms. The summed E-state index contributed by atoms with van der Waals surface area (Å²) in [7, 11) is 0. The monoisotopic (exact) mass is 348 g/mol. The summed E-state index contributed by atoms with van der Waals surface area (Å²) in [5.74, 6) is -1.34. The van der Waals surface area contributed by atoms with Crippen molar-refractivity contribution in [2.45, 2.75) is 39.2 Å². The molecule has 0 saturated heterocycles. The van der Waals surface area contributed by atoms with Crippen LogP contribution in [0, 0.1) is 5.92 Å². The number of nitrogens with zero attached hydrogens (tertiary/aromatic N) is 1. The Bertz CT molecular complexity index is 646. The van der Waals surface area contributed by atoms with Gasteiger partial charge in [0.15, 0.2) is 6.10 Å². The van der Waals surface area contributed by atoms with E-state index in [1.54, 1.807) is 30.0 Å². The highest BCUT2D eigenvalue weighted by atomic mass is 16.5. The minimum atomic E-state index is -0.909. The van der Waals surface area contributed by atoms with Gasteiger partial charge in [-0.2, -0.15) is 0 Å². The van der Waals surface area contributed by atoms with E-state index in [1.165, 1.54) is 0 Å². The Morgan fingerprint density at radius 1 is 1.36 bits per heavy atom. The van der Waals surface area contributed by atoms with Crippen molar-refractivity contribution in [1.82, 2.24) is 5.32 Å². The summed E-state index contributed by atoms with van der Waals surface area (Å²) < 4.78 is 5.56. The van der Waals surface area contributed by atoms with Gasteiger partial charge in [0.25, 0.3) is 5.91 Å². The van der Waals surface area contributed by atoms with Crippen LogP contribution in [0.1, 0.15) is 33.1 Å². The van der Waals surface area contributed by atoms with Gasteiger partial charge in [-0.25, -0.2) is 0 Å². The number of amides is 2. The van der Waals surface area contributed by atoms with Crippen LogP contribution in [0.2, 0.25) is 0 Å². The van der Waals surface area contributed by atoms with Gasteiger partial charge < -0.3 is 20.1 Å². The van der Waals surface area contributed by atoms with Gasteiger partial charge in [-0.05, 0) is 25.5 Å². The van der Waals surface area contributed by atoms with Crippen LogP contribution in [-0.4, -0.2) is 42.1 Å². The summed E-state index contributed by atoms with van der Waals surface area (Å²) in [4.78, 5) is 37.0. The van der Waals surface area contributed by atoms with Crippen molar-refractivity contribution in [3.05, 3.63) is 24.3 Å². The third-order valence-electron chi connectivity index (χ3n) is 4.17. The van der Waals surface area contributed by atoms with Crippen molar-refractivity contribution in [3.63, 3.8) is 0 Å². The Labute approximate surface area is 147 Å². The standard InChI is InChI=1S/C18H24N2O5/c1-3-6-13(18(23)24)11-19-16(21)9-10-20-14-7-4-5-8-15(14)25-12(2)17(20)22/h4-5,7-8,12-13H,3,6,9-11H2,1-2H3,(H,19,21)(H,23,24). The first kappa shape index (κ1) is 18.8. The number of fused-ring (bicyclic) bond motifs is 1. The van der Waals surface area contributed by atoms with Gasteiger partial charge in [0.1, 0.15) is 5.75 Å². The summed E-state index contributed by atoms with van der Waals surface area (Å²) in [6.45, 7) is 3.90. The highest BCUT2D eigenvalue weighted by Gasteiger charge is 2.31. The van der Waals surface area contributed by atoms with Gasteiger partial charge in [-0.15, -0.1) is 0 Å². The lowest BCUT2D eigenvalue weighted by Gasteiger charge is -2.32. The predicted octanol–water partition coefficient (Wildman–Crippen LogP) is 1.81. The number of carboxylic acid groups (broad SMARTS) is 1. The van der Waals surface area contributed by atoms with E-state index < -0.39 is 18.0 Å². The smallest absolute Gasteiger partial charge is 0.308 e. The summed E-state index contributed by atoms with van der Waals surface area (Å²) >= 11 is 0. The van der Waals surface area contributed by atoms with Crippen LogP contribution in [0.4, 0.5) is 5.69 Å². The minimum absolute atomic E-state index is 0.102. The molecule has 25 heavy (non-hydrogen) atoms. The number of ether oxygens (including phenoxy) is 1. The summed E-state index contributed by atoms with van der Waals surface area (Å²) in [6.07, 6.45) is 0.760. The molecule has 136 valence electrons. The van der Waals surface area contributed by atoms with Crippen molar-refractivity contribution >= 4 is 23.5 Å². The first-order valence-corrected chi connectivity index (χ1v) is 8.50. The second-order valence-corrected chi connectivity index (χ2v) is 6.10. The maximum atomic E-state index is 12.3. The molecule has 1 aliphatic heterocycles. The summed E-state index contributed by atoms with van der Waals surface area (Å²) in [5, 5.41) is 11.8. The zero-order valence-corrected chi connectivity index (χ0v) is 14.5. The van der Waals surface area contributed by atoms with Crippen LogP contribution < -0.4 is 15.0 Å². The molecule has 0 saturated carbocycles. The normalized spacial score (nSPS) is 17.4. The molecule has 2 N–H and O–H groups in total. The van der Waals surface area contributed by atoms with Crippen molar-refractivity contribution in [2.75, 3.05) is 18.0 Å². The molecule has 1 aromatic rings. The molecule has 2 rings (SSSR count). The fourth-order valence-corrected chi connectivity index (χ4v) is 2.79. The maximum absolute atomic E-state index is 12.3. The predicted molar refractivity (Wildman–Crippen MR) is 92.5 cm³/mol. The fraction of sp³-hybridized carbons (Fsp3) is 0.500. The quantitative estimate of drug-likeness (QED) is 0.747. The average Bonchev–Trinajstić information content (AvgIpc) is 2.58. The van der Waals surface area contributed by atoms with E-state index in [0.717, 1.165) is 6.42 Å². The topological polar surface area (TPSA) is 95.9 Å². The number of carbonyl (C=O) groups excluding carboxylic acids is 2. The van der Waals surface area contributed by atoms with Crippen molar-refractivity contribution in [2.24, 2.45) is 5.92 Å². The van der Waals surface area contributed by atoms with Crippen LogP contribution in [0.5, 0.6) is 5.75 Å². The molecule has 0 fully saturated rings. The number of aliphatic carboxylic acids is 1. The Hall–Kier alpha value is -2.57. The molecular weight excluding hydrogens is 324 g/mol. The number of carbonyl (C=O) groups is 3. The van der Waals surface area contributed by atoms with Crippen LogP contribution in [0.25, 0.3) is 0 Å². The number of nitrogens with one attached hydrogen (secondary N) is 1. The van der Waals surface area contributed by atoms with Crippen LogP contribution in [0.3, 0.4) is 0 Å². The maximum Gasteiger partial charge on any atom is 0.308 e. The van der Waals surface area contributed by atoms with Gasteiger partial charge >= 0.3 is 5.97 Å². The number of hydrogen-bond acceptors (Lipinski definition) is 4. The van der Waals surface area contributed by atoms with E-state index in [4.69, 9.17) is 9.84 Å². The van der Waals surface area contributed by atoms with Gasteiger partial charge in [0.2, 0.25) is 5.91 Å². The number of carboxylic acids is 1. The second-order valence-electron chi connectivity index (χ2n) is 6.10. The first-order valence-electron chi connectivity index (χ1n) is 8.50. The number of benzene rings is 1. The molecular formula is C18H24N2O5.